The number of nitrogens with one attached hydrogen (secondary N) is 1. The second-order valence-electron chi connectivity index (χ2n) is 5.13. The van der Waals surface area contributed by atoms with Crippen LogP contribution in [0.4, 0.5) is 5.69 Å². The van der Waals surface area contributed by atoms with Gasteiger partial charge in [0.2, 0.25) is 10.0 Å². The first kappa shape index (κ1) is 15.4. The van der Waals surface area contributed by atoms with Crippen molar-refractivity contribution in [1.82, 2.24) is 4.72 Å². The lowest BCUT2D eigenvalue weighted by Gasteiger charge is -2.12. The van der Waals surface area contributed by atoms with Crippen molar-refractivity contribution < 1.29 is 18.1 Å². The first-order valence-corrected chi connectivity index (χ1v) is 8.43. The summed E-state index contributed by atoms with van der Waals surface area (Å²) in [5, 5.41) is 11.0. The molecule has 2 aromatic rings. The molecule has 1 N–H and O–H groups in total. The minimum atomic E-state index is -3.98. The maximum absolute atomic E-state index is 12.3. The lowest BCUT2D eigenvalue weighted by Crippen LogP contribution is -2.34. The number of nitro groups is 1. The van der Waals surface area contributed by atoms with Gasteiger partial charge >= 0.3 is 0 Å². The number of benzene rings is 2. The summed E-state index contributed by atoms with van der Waals surface area (Å²) < 4.78 is 32.7. The molecule has 120 valence electrons. The van der Waals surface area contributed by atoms with Gasteiger partial charge in [0.25, 0.3) is 5.69 Å². The Labute approximate surface area is 133 Å². The summed E-state index contributed by atoms with van der Waals surface area (Å²) in [5.41, 5.74) is 0.568. The van der Waals surface area contributed by atoms with Crippen molar-refractivity contribution in [3.8, 4) is 5.75 Å². The predicted octanol–water partition coefficient (Wildman–Crippen LogP) is 1.88. The van der Waals surface area contributed by atoms with Crippen LogP contribution in [0.2, 0.25) is 0 Å². The van der Waals surface area contributed by atoms with Crippen LogP contribution in [-0.4, -0.2) is 26.0 Å². The van der Waals surface area contributed by atoms with Crippen molar-refractivity contribution in [2.24, 2.45) is 0 Å². The molecule has 8 heteroatoms. The van der Waals surface area contributed by atoms with E-state index in [4.69, 9.17) is 4.74 Å². The third-order valence-electron chi connectivity index (χ3n) is 3.57. The van der Waals surface area contributed by atoms with E-state index in [1.807, 2.05) is 24.3 Å². The van der Waals surface area contributed by atoms with Gasteiger partial charge in [-0.05, 0) is 17.7 Å². The second kappa shape index (κ2) is 5.98. The summed E-state index contributed by atoms with van der Waals surface area (Å²) in [6, 6.07) is 12.7. The van der Waals surface area contributed by atoms with Gasteiger partial charge in [0, 0.05) is 19.0 Å². The molecular weight excluding hydrogens is 320 g/mol. The summed E-state index contributed by atoms with van der Waals surface area (Å²) >= 11 is 0. The van der Waals surface area contributed by atoms with E-state index in [1.165, 1.54) is 18.2 Å². The van der Waals surface area contributed by atoms with E-state index in [-0.39, 0.29) is 17.5 Å². The molecule has 0 unspecified atom stereocenters. The second-order valence-corrected chi connectivity index (χ2v) is 6.86. The Bertz CT molecular complexity index is 825. The number of para-hydroxylation sites is 2. The van der Waals surface area contributed by atoms with E-state index in [9.17, 15) is 18.5 Å². The largest absolute Gasteiger partial charge is 0.488 e. The Morgan fingerprint density at radius 3 is 2.61 bits per heavy atom. The van der Waals surface area contributed by atoms with Gasteiger partial charge in [-0.3, -0.25) is 10.1 Å². The molecule has 0 fully saturated rings. The van der Waals surface area contributed by atoms with E-state index in [1.54, 1.807) is 0 Å². The third-order valence-corrected chi connectivity index (χ3v) is 5.04. The van der Waals surface area contributed by atoms with E-state index in [2.05, 4.69) is 4.72 Å². The van der Waals surface area contributed by atoms with Gasteiger partial charge in [0.05, 0.1) is 4.92 Å². The van der Waals surface area contributed by atoms with Crippen molar-refractivity contribution in [1.29, 1.82) is 0 Å². The Balaban J connectivity index is 1.73. The molecule has 1 aliphatic rings. The van der Waals surface area contributed by atoms with Crippen molar-refractivity contribution >= 4 is 15.7 Å². The summed E-state index contributed by atoms with van der Waals surface area (Å²) in [6.45, 7) is 0.0447. The van der Waals surface area contributed by atoms with Gasteiger partial charge in [-0.25, -0.2) is 13.1 Å². The van der Waals surface area contributed by atoms with Crippen LogP contribution in [0.5, 0.6) is 5.75 Å². The Morgan fingerprint density at radius 2 is 1.87 bits per heavy atom. The van der Waals surface area contributed by atoms with Gasteiger partial charge < -0.3 is 4.74 Å². The highest BCUT2D eigenvalue weighted by molar-refractivity contribution is 7.89. The van der Waals surface area contributed by atoms with Crippen molar-refractivity contribution in [3.05, 3.63) is 64.2 Å². The van der Waals surface area contributed by atoms with Crippen molar-refractivity contribution in [2.45, 2.75) is 17.4 Å². The number of ether oxygens (including phenoxy) is 1. The van der Waals surface area contributed by atoms with Crippen molar-refractivity contribution in [3.63, 3.8) is 0 Å². The highest BCUT2D eigenvalue weighted by atomic mass is 32.2. The Kier molecular flexibility index (Phi) is 4.01. The van der Waals surface area contributed by atoms with Crippen LogP contribution in [-0.2, 0) is 16.4 Å². The molecule has 0 bridgehead atoms. The SMILES string of the molecule is O=[N+]([O-])c1ccccc1S(=O)(=O)NC[C@@H]1Cc2ccccc2O1. The van der Waals surface area contributed by atoms with Crippen LogP contribution in [0.3, 0.4) is 0 Å². The minimum absolute atomic E-state index is 0.0447. The Morgan fingerprint density at radius 1 is 1.17 bits per heavy atom. The van der Waals surface area contributed by atoms with Gasteiger partial charge in [-0.2, -0.15) is 0 Å². The van der Waals surface area contributed by atoms with E-state index >= 15 is 0 Å². The molecule has 23 heavy (non-hydrogen) atoms. The number of hydrogen-bond donors (Lipinski definition) is 1. The monoisotopic (exact) mass is 334 g/mol. The molecule has 0 radical (unpaired) electrons. The zero-order valence-corrected chi connectivity index (χ0v) is 12.8. The van der Waals surface area contributed by atoms with Gasteiger partial charge in [-0.15, -0.1) is 0 Å². The predicted molar refractivity (Wildman–Crippen MR) is 82.8 cm³/mol. The topological polar surface area (TPSA) is 98.5 Å². The fraction of sp³-hybridized carbons (Fsp3) is 0.200. The fourth-order valence-electron chi connectivity index (χ4n) is 2.48. The molecule has 0 aromatic heterocycles. The molecule has 2 aromatic carbocycles. The summed E-state index contributed by atoms with van der Waals surface area (Å²) in [5.74, 6) is 0.738. The van der Waals surface area contributed by atoms with Crippen LogP contribution >= 0.6 is 0 Å². The summed E-state index contributed by atoms with van der Waals surface area (Å²) in [6.07, 6.45) is 0.264. The standard InChI is InChI=1S/C15H14N2O5S/c18-17(19)13-6-2-4-8-15(13)23(20,21)16-10-12-9-11-5-1-3-7-14(11)22-12/h1-8,12,16H,9-10H2/t12-/m0/s1. The molecule has 0 saturated heterocycles. The number of hydrogen-bond acceptors (Lipinski definition) is 5. The van der Waals surface area contributed by atoms with Crippen LogP contribution < -0.4 is 9.46 Å². The molecule has 3 rings (SSSR count). The van der Waals surface area contributed by atoms with Crippen molar-refractivity contribution in [2.75, 3.05) is 6.54 Å². The first-order chi connectivity index (χ1) is 11.0. The number of nitro benzene ring substituents is 1. The van der Waals surface area contributed by atoms with Crippen LogP contribution in [0.1, 0.15) is 5.56 Å². The van der Waals surface area contributed by atoms with Gasteiger partial charge in [0.1, 0.15) is 11.9 Å². The molecule has 0 saturated carbocycles. The minimum Gasteiger partial charge on any atom is -0.488 e. The van der Waals surface area contributed by atoms with E-state index < -0.39 is 20.6 Å². The average molecular weight is 334 g/mol. The highest BCUT2D eigenvalue weighted by Gasteiger charge is 2.28. The molecule has 1 atom stereocenters. The molecular formula is C15H14N2O5S. The summed E-state index contributed by atoms with van der Waals surface area (Å²) in [4.78, 5) is 9.91. The number of fused-ring (bicyclic) bond motifs is 1. The quantitative estimate of drug-likeness (QED) is 0.665. The molecule has 1 heterocycles. The van der Waals surface area contributed by atoms with Gasteiger partial charge in [0.15, 0.2) is 4.90 Å². The lowest BCUT2D eigenvalue weighted by atomic mass is 10.1. The molecule has 0 aliphatic carbocycles. The van der Waals surface area contributed by atoms with Crippen LogP contribution in [0, 0.1) is 10.1 Å². The maximum atomic E-state index is 12.3. The number of rotatable bonds is 5. The highest BCUT2D eigenvalue weighted by Crippen LogP contribution is 2.28. The number of nitrogens with zero attached hydrogens (tertiary/aromatic N) is 1. The van der Waals surface area contributed by atoms with E-state index in [0.29, 0.717) is 6.42 Å². The lowest BCUT2D eigenvalue weighted by molar-refractivity contribution is -0.387. The maximum Gasteiger partial charge on any atom is 0.289 e. The van der Waals surface area contributed by atoms with Crippen LogP contribution in [0.15, 0.2) is 53.4 Å². The zero-order chi connectivity index (χ0) is 16.4. The Hall–Kier alpha value is -2.45. The molecule has 1 aliphatic heterocycles. The summed E-state index contributed by atoms with van der Waals surface area (Å²) in [7, 11) is -3.98. The van der Waals surface area contributed by atoms with Crippen LogP contribution in [0.25, 0.3) is 0 Å². The smallest absolute Gasteiger partial charge is 0.289 e. The normalized spacial score (nSPS) is 16.6. The fourth-order valence-corrected chi connectivity index (χ4v) is 3.72. The van der Waals surface area contributed by atoms with E-state index in [0.717, 1.165) is 17.4 Å². The first-order valence-electron chi connectivity index (χ1n) is 6.95. The molecule has 0 amide bonds. The third kappa shape index (κ3) is 3.17. The molecule has 7 nitrogen and oxygen atoms in total. The molecule has 0 spiro atoms. The van der Waals surface area contributed by atoms with Gasteiger partial charge in [-0.1, -0.05) is 30.3 Å². The zero-order valence-electron chi connectivity index (χ0n) is 12.0. The number of sulfonamides is 1. The average Bonchev–Trinajstić information content (AvgIpc) is 2.96.